The lowest BCUT2D eigenvalue weighted by atomic mass is 9.91. The van der Waals surface area contributed by atoms with Crippen LogP contribution in [0.25, 0.3) is 0 Å². The third-order valence-corrected chi connectivity index (χ3v) is 6.63. The van der Waals surface area contributed by atoms with Crippen LogP contribution in [0.5, 0.6) is 0 Å². The van der Waals surface area contributed by atoms with Crippen molar-refractivity contribution in [2.75, 3.05) is 11.5 Å². The normalized spacial score (nSPS) is 13.1. The Hall–Kier alpha value is -1.24. The van der Waals surface area contributed by atoms with E-state index < -0.39 is 36.2 Å². The molecule has 0 amide bonds. The van der Waals surface area contributed by atoms with Gasteiger partial charge in [-0.15, -0.1) is 0 Å². The van der Waals surface area contributed by atoms with Crippen molar-refractivity contribution >= 4 is 29.7 Å². The van der Waals surface area contributed by atoms with Crippen molar-refractivity contribution in [3.8, 4) is 0 Å². The van der Waals surface area contributed by atoms with Gasteiger partial charge in [0.15, 0.2) is 0 Å². The molecule has 0 aliphatic carbocycles. The van der Waals surface area contributed by atoms with E-state index in [1.165, 1.54) is 88.8 Å². The molecule has 0 aliphatic heterocycles. The molecule has 2 unspecified atom stereocenters. The fourth-order valence-electron chi connectivity index (χ4n) is 3.56. The highest BCUT2D eigenvalue weighted by molar-refractivity contribution is 7.99. The van der Waals surface area contributed by atoms with Gasteiger partial charge in [0.25, 0.3) is 0 Å². The van der Waals surface area contributed by atoms with Gasteiger partial charge < -0.3 is 15.3 Å². The second kappa shape index (κ2) is 19.7. The zero-order chi connectivity index (χ0) is 22.6. The molecule has 0 rings (SSSR count). The molecule has 3 N–H and O–H groups in total. The predicted molar refractivity (Wildman–Crippen MR) is 122 cm³/mol. The van der Waals surface area contributed by atoms with Crippen molar-refractivity contribution < 1.29 is 29.7 Å². The maximum absolute atomic E-state index is 11.3. The summed E-state index contributed by atoms with van der Waals surface area (Å²) in [6.07, 6.45) is 17.3. The first-order valence-corrected chi connectivity index (χ1v) is 12.8. The maximum Gasteiger partial charge on any atom is 0.308 e. The predicted octanol–water partition coefficient (Wildman–Crippen LogP) is 6.08. The van der Waals surface area contributed by atoms with E-state index >= 15 is 0 Å². The van der Waals surface area contributed by atoms with Crippen LogP contribution in [0.4, 0.5) is 0 Å². The summed E-state index contributed by atoms with van der Waals surface area (Å²) >= 11 is 1.41. The molecule has 0 spiro atoms. The lowest BCUT2D eigenvalue weighted by molar-refractivity contribution is -0.156. The number of unbranched alkanes of at least 4 members (excludes halogenated alkanes) is 13. The second-order valence-electron chi connectivity index (χ2n) is 8.16. The largest absolute Gasteiger partial charge is 0.481 e. The van der Waals surface area contributed by atoms with Crippen LogP contribution in [0.1, 0.15) is 103 Å². The first kappa shape index (κ1) is 28.8. The van der Waals surface area contributed by atoms with Crippen molar-refractivity contribution in [3.63, 3.8) is 0 Å². The van der Waals surface area contributed by atoms with E-state index in [-0.39, 0.29) is 5.75 Å². The Kier molecular flexibility index (Phi) is 18.9. The third-order valence-electron chi connectivity index (χ3n) is 5.45. The van der Waals surface area contributed by atoms with Crippen LogP contribution in [0, 0.1) is 11.8 Å². The SMILES string of the molecule is CCCCCCCCCCCCCCCCSCC(C(=O)O)C(CC(=O)O)C(=O)O. The van der Waals surface area contributed by atoms with Gasteiger partial charge in [-0.05, 0) is 12.2 Å². The molecule has 0 aromatic rings. The van der Waals surface area contributed by atoms with Crippen LogP contribution >= 0.6 is 11.8 Å². The Bertz CT molecular complexity index is 469. The highest BCUT2D eigenvalue weighted by Gasteiger charge is 2.35. The van der Waals surface area contributed by atoms with Gasteiger partial charge in [-0.1, -0.05) is 90.4 Å². The lowest BCUT2D eigenvalue weighted by Gasteiger charge is -2.18. The average Bonchev–Trinajstić information content (AvgIpc) is 2.68. The van der Waals surface area contributed by atoms with Crippen LogP contribution in [-0.2, 0) is 14.4 Å². The molecule has 0 radical (unpaired) electrons. The van der Waals surface area contributed by atoms with Gasteiger partial charge in [0.05, 0.1) is 18.3 Å². The standard InChI is InChI=1S/C23H42O6S/c1-2-3-4-5-6-7-8-9-10-11-12-13-14-15-16-30-18-20(23(28)29)19(22(26)27)17-21(24)25/h19-20H,2-18H2,1H3,(H,24,25)(H,26,27)(H,28,29). The smallest absolute Gasteiger partial charge is 0.308 e. The van der Waals surface area contributed by atoms with E-state index in [9.17, 15) is 19.5 Å². The number of hydrogen-bond donors (Lipinski definition) is 3. The topological polar surface area (TPSA) is 112 Å². The van der Waals surface area contributed by atoms with Crippen LogP contribution in [0.15, 0.2) is 0 Å². The van der Waals surface area contributed by atoms with Gasteiger partial charge in [-0.3, -0.25) is 14.4 Å². The van der Waals surface area contributed by atoms with E-state index in [0.29, 0.717) is 0 Å². The Balaban J connectivity index is 3.65. The summed E-state index contributed by atoms with van der Waals surface area (Å²) < 4.78 is 0. The molecule has 0 saturated carbocycles. The minimum absolute atomic E-state index is 0.137. The van der Waals surface area contributed by atoms with Gasteiger partial charge >= 0.3 is 17.9 Å². The summed E-state index contributed by atoms with van der Waals surface area (Å²) in [5, 5.41) is 27.2. The monoisotopic (exact) mass is 446 g/mol. The summed E-state index contributed by atoms with van der Waals surface area (Å²) in [7, 11) is 0. The molecular weight excluding hydrogens is 404 g/mol. The van der Waals surface area contributed by atoms with Crippen LogP contribution in [0.3, 0.4) is 0 Å². The van der Waals surface area contributed by atoms with Gasteiger partial charge in [0, 0.05) is 5.75 Å². The van der Waals surface area contributed by atoms with Crippen LogP contribution in [0.2, 0.25) is 0 Å². The summed E-state index contributed by atoms with van der Waals surface area (Å²) in [5.74, 6) is -5.53. The number of carbonyl (C=O) groups is 3. The Morgan fingerprint density at radius 3 is 1.40 bits per heavy atom. The first-order chi connectivity index (χ1) is 14.4. The number of rotatable bonds is 22. The van der Waals surface area contributed by atoms with Crippen LogP contribution in [-0.4, -0.2) is 44.7 Å². The Labute approximate surface area is 186 Å². The summed E-state index contributed by atoms with van der Waals surface area (Å²) in [4.78, 5) is 33.4. The molecule has 7 heteroatoms. The minimum Gasteiger partial charge on any atom is -0.481 e. The van der Waals surface area contributed by atoms with E-state index in [2.05, 4.69) is 6.92 Å². The lowest BCUT2D eigenvalue weighted by Crippen LogP contribution is -2.33. The van der Waals surface area contributed by atoms with E-state index in [1.54, 1.807) is 0 Å². The van der Waals surface area contributed by atoms with Crippen molar-refractivity contribution in [1.82, 2.24) is 0 Å². The molecule has 0 aliphatic rings. The molecule has 2 atom stereocenters. The zero-order valence-corrected chi connectivity index (χ0v) is 19.5. The quantitative estimate of drug-likeness (QED) is 0.173. The number of aliphatic carboxylic acids is 3. The molecule has 30 heavy (non-hydrogen) atoms. The second-order valence-corrected chi connectivity index (χ2v) is 9.31. The Morgan fingerprint density at radius 2 is 1.03 bits per heavy atom. The van der Waals surface area contributed by atoms with Gasteiger partial charge in [0.2, 0.25) is 0 Å². The third kappa shape index (κ3) is 16.5. The number of hydrogen-bond acceptors (Lipinski definition) is 4. The number of carboxylic acids is 3. The molecule has 0 fully saturated rings. The molecule has 0 saturated heterocycles. The van der Waals surface area contributed by atoms with Crippen molar-refractivity contribution in [1.29, 1.82) is 0 Å². The minimum atomic E-state index is -1.39. The van der Waals surface area contributed by atoms with Gasteiger partial charge in [-0.25, -0.2) is 0 Å². The molecule has 0 heterocycles. The average molecular weight is 447 g/mol. The van der Waals surface area contributed by atoms with Gasteiger partial charge in [0.1, 0.15) is 0 Å². The summed E-state index contributed by atoms with van der Waals surface area (Å²) in [6, 6.07) is 0. The molecule has 0 aromatic carbocycles. The van der Waals surface area contributed by atoms with Gasteiger partial charge in [-0.2, -0.15) is 11.8 Å². The molecule has 0 bridgehead atoms. The maximum atomic E-state index is 11.3. The van der Waals surface area contributed by atoms with E-state index in [0.717, 1.165) is 18.6 Å². The molecular formula is C23H42O6S. The molecule has 6 nitrogen and oxygen atoms in total. The fraction of sp³-hybridized carbons (Fsp3) is 0.870. The van der Waals surface area contributed by atoms with Crippen molar-refractivity contribution in [3.05, 3.63) is 0 Å². The summed E-state index contributed by atoms with van der Waals surface area (Å²) in [6.45, 7) is 2.25. The number of carboxylic acid groups (broad SMARTS) is 3. The Morgan fingerprint density at radius 1 is 0.633 bits per heavy atom. The highest BCUT2D eigenvalue weighted by atomic mass is 32.2. The first-order valence-electron chi connectivity index (χ1n) is 11.6. The molecule has 0 aromatic heterocycles. The van der Waals surface area contributed by atoms with Crippen molar-refractivity contribution in [2.45, 2.75) is 103 Å². The van der Waals surface area contributed by atoms with E-state index in [4.69, 9.17) is 10.2 Å². The van der Waals surface area contributed by atoms with Crippen molar-refractivity contribution in [2.24, 2.45) is 11.8 Å². The summed E-state index contributed by atoms with van der Waals surface area (Å²) in [5.41, 5.74) is 0. The highest BCUT2D eigenvalue weighted by Crippen LogP contribution is 2.23. The zero-order valence-electron chi connectivity index (χ0n) is 18.7. The van der Waals surface area contributed by atoms with E-state index in [1.807, 2.05) is 0 Å². The fourth-order valence-corrected chi connectivity index (χ4v) is 4.76. The van der Waals surface area contributed by atoms with Crippen LogP contribution < -0.4 is 0 Å². The molecule has 176 valence electrons. The number of thioether (sulfide) groups is 1.